The summed E-state index contributed by atoms with van der Waals surface area (Å²) < 4.78 is 1.19. The van der Waals surface area contributed by atoms with Gasteiger partial charge in [0.05, 0.1) is 5.69 Å². The molecule has 0 spiro atoms. The molecule has 23 heavy (non-hydrogen) atoms. The lowest BCUT2D eigenvalue weighted by Gasteiger charge is -2.10. The zero-order valence-corrected chi connectivity index (χ0v) is 13.4. The van der Waals surface area contributed by atoms with Crippen LogP contribution in [0.1, 0.15) is 5.56 Å². The second kappa shape index (κ2) is 5.81. The average Bonchev–Trinajstić information content (AvgIpc) is 2.92. The maximum Gasteiger partial charge on any atom is 0.323 e. The van der Waals surface area contributed by atoms with Crippen LogP contribution in [0, 0.1) is 6.92 Å². The van der Waals surface area contributed by atoms with Gasteiger partial charge < -0.3 is 10.0 Å². The maximum absolute atomic E-state index is 12.2. The highest BCUT2D eigenvalue weighted by molar-refractivity contribution is 7.20. The Labute approximate surface area is 135 Å². The number of carboxylic acids is 1. The Morgan fingerprint density at radius 3 is 2.70 bits per heavy atom. The lowest BCUT2D eigenvalue weighted by molar-refractivity contribution is -0.135. The number of aliphatic carboxylic acids is 1. The molecular formula is C15H14N4O3S. The van der Waals surface area contributed by atoms with Gasteiger partial charge in [-0.1, -0.05) is 41.2 Å². The smallest absolute Gasteiger partial charge is 0.323 e. The topological polar surface area (TPSA) is 87.8 Å². The summed E-state index contributed by atoms with van der Waals surface area (Å²) in [6, 6.07) is 9.16. The van der Waals surface area contributed by atoms with E-state index in [1.54, 1.807) is 7.05 Å². The van der Waals surface area contributed by atoms with E-state index in [1.807, 2.05) is 31.2 Å². The first-order chi connectivity index (χ1) is 10.9. The number of likely N-dealkylation sites (N-methyl/N-ethyl adjacent to an activating group) is 1. The number of nitrogens with zero attached hydrogens (tertiary/aromatic N) is 4. The van der Waals surface area contributed by atoms with Crippen molar-refractivity contribution >= 4 is 27.4 Å². The van der Waals surface area contributed by atoms with Crippen LogP contribution in [0.25, 0.3) is 16.2 Å². The van der Waals surface area contributed by atoms with Crippen LogP contribution < -0.4 is 10.5 Å². The number of carboxylic acid groups (broad SMARTS) is 1. The van der Waals surface area contributed by atoms with Crippen LogP contribution in [0.3, 0.4) is 0 Å². The van der Waals surface area contributed by atoms with E-state index in [0.29, 0.717) is 15.8 Å². The molecule has 0 saturated carbocycles. The number of fused-ring (bicyclic) bond motifs is 1. The molecular weight excluding hydrogens is 316 g/mol. The van der Waals surface area contributed by atoms with Gasteiger partial charge in [0.15, 0.2) is 0 Å². The van der Waals surface area contributed by atoms with E-state index in [4.69, 9.17) is 5.11 Å². The average molecular weight is 330 g/mol. The number of hydrogen-bond donors (Lipinski definition) is 1. The predicted molar refractivity (Wildman–Crippen MR) is 88.2 cm³/mol. The molecule has 0 saturated heterocycles. The molecule has 0 bridgehead atoms. The Bertz CT molecular complexity index is 930. The number of carbonyl (C=O) groups is 1. The number of hydrogen-bond acceptors (Lipinski definition) is 6. The number of aromatic nitrogens is 3. The summed E-state index contributed by atoms with van der Waals surface area (Å²) in [5.74, 6) is -0.965. The van der Waals surface area contributed by atoms with Crippen molar-refractivity contribution in [3.63, 3.8) is 0 Å². The molecule has 8 heteroatoms. The third-order valence-corrected chi connectivity index (χ3v) is 4.30. The first kappa shape index (κ1) is 15.2. The second-order valence-corrected chi connectivity index (χ2v) is 6.11. The van der Waals surface area contributed by atoms with Gasteiger partial charge in [0, 0.05) is 18.7 Å². The molecule has 0 aliphatic carbocycles. The van der Waals surface area contributed by atoms with Crippen LogP contribution in [-0.4, -0.2) is 39.3 Å². The normalized spacial score (nSPS) is 10.9. The molecule has 0 aliphatic heterocycles. The van der Waals surface area contributed by atoms with Crippen LogP contribution in [0.2, 0.25) is 0 Å². The van der Waals surface area contributed by atoms with E-state index in [1.165, 1.54) is 26.8 Å². The summed E-state index contributed by atoms with van der Waals surface area (Å²) in [6.07, 6.45) is 0. The molecule has 3 rings (SSSR count). The van der Waals surface area contributed by atoms with Gasteiger partial charge in [-0.3, -0.25) is 9.59 Å². The molecule has 118 valence electrons. The van der Waals surface area contributed by atoms with E-state index in [2.05, 4.69) is 10.1 Å². The monoisotopic (exact) mass is 330 g/mol. The summed E-state index contributed by atoms with van der Waals surface area (Å²) in [6.45, 7) is 1.79. The lowest BCUT2D eigenvalue weighted by Crippen LogP contribution is -2.25. The Kier molecular flexibility index (Phi) is 3.83. The van der Waals surface area contributed by atoms with Gasteiger partial charge in [0.25, 0.3) is 5.56 Å². The maximum atomic E-state index is 12.2. The number of rotatable bonds is 4. The zero-order chi connectivity index (χ0) is 16.6. The van der Waals surface area contributed by atoms with E-state index in [9.17, 15) is 9.59 Å². The van der Waals surface area contributed by atoms with Crippen molar-refractivity contribution in [1.29, 1.82) is 0 Å². The molecule has 1 aromatic carbocycles. The molecule has 0 atom stereocenters. The van der Waals surface area contributed by atoms with Crippen molar-refractivity contribution < 1.29 is 9.90 Å². The largest absolute Gasteiger partial charge is 0.480 e. The third kappa shape index (κ3) is 3.07. The van der Waals surface area contributed by atoms with Gasteiger partial charge >= 0.3 is 5.97 Å². The Morgan fingerprint density at radius 2 is 2.04 bits per heavy atom. The third-order valence-electron chi connectivity index (χ3n) is 3.28. The van der Waals surface area contributed by atoms with Crippen molar-refractivity contribution in [2.45, 2.75) is 6.92 Å². The van der Waals surface area contributed by atoms with Crippen molar-refractivity contribution in [2.24, 2.45) is 0 Å². The molecule has 0 fully saturated rings. The van der Waals surface area contributed by atoms with E-state index in [0.717, 1.165) is 11.1 Å². The highest BCUT2D eigenvalue weighted by Crippen LogP contribution is 2.23. The lowest BCUT2D eigenvalue weighted by atomic mass is 10.1. The number of benzene rings is 1. The Hall–Kier alpha value is -2.74. The molecule has 1 N–H and O–H groups in total. The van der Waals surface area contributed by atoms with Gasteiger partial charge in [-0.25, -0.2) is 4.98 Å². The minimum Gasteiger partial charge on any atom is -0.480 e. The van der Waals surface area contributed by atoms with Crippen LogP contribution in [0.4, 0.5) is 5.13 Å². The minimum absolute atomic E-state index is 0.195. The predicted octanol–water partition coefficient (Wildman–Crippen LogP) is 1.65. The Balaban J connectivity index is 2.06. The molecule has 7 nitrogen and oxygen atoms in total. The summed E-state index contributed by atoms with van der Waals surface area (Å²) in [7, 11) is 1.61. The van der Waals surface area contributed by atoms with Crippen molar-refractivity contribution in [2.75, 3.05) is 18.5 Å². The highest BCUT2D eigenvalue weighted by atomic mass is 32.1. The number of anilines is 1. The van der Waals surface area contributed by atoms with Crippen LogP contribution in [0.15, 0.2) is 35.1 Å². The summed E-state index contributed by atoms with van der Waals surface area (Å²) in [4.78, 5) is 29.4. The Morgan fingerprint density at radius 1 is 1.35 bits per heavy atom. The fourth-order valence-corrected chi connectivity index (χ4v) is 2.97. The summed E-state index contributed by atoms with van der Waals surface area (Å²) in [5, 5.41) is 13.4. The number of aryl methyl sites for hydroxylation is 1. The standard InChI is InChI=1S/C15H14N4O3S/c1-9-3-5-10(6-4-9)11-7-12(20)19-14(16-11)23-15(17-19)18(2)8-13(21)22/h3-7H,8H2,1-2H3,(H,21,22). The fraction of sp³-hybridized carbons (Fsp3) is 0.200. The SMILES string of the molecule is Cc1ccc(-c2cc(=O)n3nc(N(C)CC(=O)O)sc3n2)cc1. The molecule has 2 aromatic heterocycles. The highest BCUT2D eigenvalue weighted by Gasteiger charge is 2.14. The first-order valence-electron chi connectivity index (χ1n) is 6.85. The first-order valence-corrected chi connectivity index (χ1v) is 7.66. The van der Waals surface area contributed by atoms with Crippen molar-refractivity contribution in [3.05, 3.63) is 46.2 Å². The van der Waals surface area contributed by atoms with E-state index in [-0.39, 0.29) is 12.1 Å². The van der Waals surface area contributed by atoms with Gasteiger partial charge in [-0.05, 0) is 6.92 Å². The molecule has 0 unspecified atom stereocenters. The van der Waals surface area contributed by atoms with E-state index < -0.39 is 5.97 Å². The molecule has 2 heterocycles. The fourth-order valence-electron chi connectivity index (χ4n) is 2.10. The minimum atomic E-state index is -0.965. The van der Waals surface area contributed by atoms with Crippen LogP contribution in [-0.2, 0) is 4.79 Å². The molecule has 0 amide bonds. The summed E-state index contributed by atoms with van der Waals surface area (Å²) in [5.41, 5.74) is 2.26. The van der Waals surface area contributed by atoms with Gasteiger partial charge in [-0.15, -0.1) is 5.10 Å². The van der Waals surface area contributed by atoms with Gasteiger partial charge in [-0.2, -0.15) is 4.52 Å². The van der Waals surface area contributed by atoms with E-state index >= 15 is 0 Å². The van der Waals surface area contributed by atoms with Crippen LogP contribution in [0.5, 0.6) is 0 Å². The quantitative estimate of drug-likeness (QED) is 0.782. The van der Waals surface area contributed by atoms with Crippen molar-refractivity contribution in [1.82, 2.24) is 14.6 Å². The van der Waals surface area contributed by atoms with Crippen LogP contribution >= 0.6 is 11.3 Å². The van der Waals surface area contributed by atoms with Gasteiger partial charge in [0.2, 0.25) is 10.1 Å². The molecule has 0 aliphatic rings. The molecule has 3 aromatic rings. The van der Waals surface area contributed by atoms with Crippen molar-refractivity contribution in [3.8, 4) is 11.3 Å². The molecule has 0 radical (unpaired) electrons. The van der Waals surface area contributed by atoms with Gasteiger partial charge in [0.1, 0.15) is 6.54 Å². The summed E-state index contributed by atoms with van der Waals surface area (Å²) >= 11 is 1.18. The zero-order valence-electron chi connectivity index (χ0n) is 12.6. The second-order valence-electron chi connectivity index (χ2n) is 5.17.